The fraction of sp³-hybridized carbons (Fsp3) is 0.318. The summed E-state index contributed by atoms with van der Waals surface area (Å²) in [4.78, 5) is 7.16. The fourth-order valence-electron chi connectivity index (χ4n) is 3.67. The van der Waals surface area contributed by atoms with Crippen LogP contribution in [0.15, 0.2) is 64.3 Å². The van der Waals surface area contributed by atoms with Gasteiger partial charge in [0.25, 0.3) is 0 Å². The van der Waals surface area contributed by atoms with E-state index in [9.17, 15) is 0 Å². The Labute approximate surface area is 160 Å². The molecule has 0 amide bonds. The molecule has 0 unspecified atom stereocenters. The molecule has 0 atom stereocenters. The molecule has 140 valence electrons. The maximum absolute atomic E-state index is 5.43. The van der Waals surface area contributed by atoms with Gasteiger partial charge in [0.05, 0.1) is 19.9 Å². The van der Waals surface area contributed by atoms with Gasteiger partial charge in [-0.25, -0.2) is 4.99 Å². The monoisotopic (exact) mass is 363 g/mol. The van der Waals surface area contributed by atoms with Crippen molar-refractivity contribution < 1.29 is 9.47 Å². The molecule has 3 aliphatic rings. The van der Waals surface area contributed by atoms with Crippen molar-refractivity contribution in [3.63, 3.8) is 0 Å². The van der Waals surface area contributed by atoms with E-state index in [0.29, 0.717) is 0 Å². The lowest BCUT2D eigenvalue weighted by atomic mass is 9.95. The van der Waals surface area contributed by atoms with Crippen LogP contribution >= 0.6 is 0 Å². The lowest BCUT2D eigenvalue weighted by molar-refractivity contribution is 0.355. The first-order valence-corrected chi connectivity index (χ1v) is 9.28. The highest BCUT2D eigenvalue weighted by Gasteiger charge is 2.22. The standard InChI is InChI=1S/C22H25N3O2/c1-15-12-18(16-6-9-23-10-7-16)14-25-11-8-19(24-22(15)25)17-4-5-20(26-2)21(13-17)27-3/h4-6,8,12-14,23H,7,9-11H2,1-3H3. The van der Waals surface area contributed by atoms with Gasteiger partial charge in [-0.3, -0.25) is 0 Å². The second kappa shape index (κ2) is 7.45. The summed E-state index contributed by atoms with van der Waals surface area (Å²) >= 11 is 0. The number of nitrogens with one attached hydrogen (secondary N) is 1. The van der Waals surface area contributed by atoms with Gasteiger partial charge in [0, 0.05) is 24.9 Å². The summed E-state index contributed by atoms with van der Waals surface area (Å²) in [6.45, 7) is 4.94. The molecule has 0 saturated heterocycles. The third-order valence-electron chi connectivity index (χ3n) is 5.11. The summed E-state index contributed by atoms with van der Waals surface area (Å²) in [5.74, 6) is 2.46. The van der Waals surface area contributed by atoms with Gasteiger partial charge in [-0.15, -0.1) is 0 Å². The number of ether oxygens (including phenoxy) is 2. The minimum absolute atomic E-state index is 0.717. The highest BCUT2D eigenvalue weighted by Crippen LogP contribution is 2.33. The average Bonchev–Trinajstić information content (AvgIpc) is 2.73. The second-order valence-corrected chi connectivity index (χ2v) is 6.84. The normalized spacial score (nSPS) is 19.2. The SMILES string of the molecule is COc1ccc(C2=CCN3C=C(C4=CCNCC4)C=C(C)C3=N2)cc1OC. The number of amidine groups is 1. The van der Waals surface area contributed by atoms with Crippen molar-refractivity contribution in [3.05, 3.63) is 64.9 Å². The maximum Gasteiger partial charge on any atom is 0.161 e. The molecule has 3 heterocycles. The molecule has 0 aliphatic carbocycles. The number of benzene rings is 1. The average molecular weight is 363 g/mol. The molecule has 5 heteroatoms. The Morgan fingerprint density at radius 2 is 1.96 bits per heavy atom. The van der Waals surface area contributed by atoms with E-state index in [1.54, 1.807) is 14.2 Å². The van der Waals surface area contributed by atoms with Crippen molar-refractivity contribution >= 4 is 11.5 Å². The molecule has 0 saturated carbocycles. The summed E-state index contributed by atoms with van der Waals surface area (Å²) in [6.07, 6.45) is 10.0. The highest BCUT2D eigenvalue weighted by atomic mass is 16.5. The van der Waals surface area contributed by atoms with Crippen LogP contribution in [0.2, 0.25) is 0 Å². The number of hydrogen-bond acceptors (Lipinski definition) is 5. The molecule has 3 aliphatic heterocycles. The Kier molecular flexibility index (Phi) is 4.86. The van der Waals surface area contributed by atoms with Crippen molar-refractivity contribution in [1.82, 2.24) is 10.2 Å². The first kappa shape index (κ1) is 17.6. The van der Waals surface area contributed by atoms with Gasteiger partial charge in [0.15, 0.2) is 11.5 Å². The summed E-state index contributed by atoms with van der Waals surface area (Å²) < 4.78 is 10.8. The zero-order chi connectivity index (χ0) is 18.8. The summed E-state index contributed by atoms with van der Waals surface area (Å²) in [7, 11) is 3.30. The molecule has 5 nitrogen and oxygen atoms in total. The molecule has 0 bridgehead atoms. The van der Waals surface area contributed by atoms with Crippen LogP contribution < -0.4 is 14.8 Å². The van der Waals surface area contributed by atoms with Crippen molar-refractivity contribution in [1.29, 1.82) is 0 Å². The second-order valence-electron chi connectivity index (χ2n) is 6.84. The quantitative estimate of drug-likeness (QED) is 0.889. The molecule has 1 aromatic rings. The topological polar surface area (TPSA) is 46.1 Å². The Morgan fingerprint density at radius 1 is 1.11 bits per heavy atom. The fourth-order valence-corrected chi connectivity index (χ4v) is 3.67. The van der Waals surface area contributed by atoms with Gasteiger partial charge in [-0.2, -0.15) is 0 Å². The molecule has 27 heavy (non-hydrogen) atoms. The molecule has 0 fully saturated rings. The zero-order valence-corrected chi connectivity index (χ0v) is 16.1. The van der Waals surface area contributed by atoms with Crippen LogP contribution in [0.4, 0.5) is 0 Å². The number of fused-ring (bicyclic) bond motifs is 1. The van der Waals surface area contributed by atoms with Crippen molar-refractivity contribution in [2.75, 3.05) is 33.9 Å². The van der Waals surface area contributed by atoms with E-state index in [0.717, 1.165) is 54.7 Å². The van der Waals surface area contributed by atoms with Gasteiger partial charge >= 0.3 is 0 Å². The molecule has 1 N–H and O–H groups in total. The van der Waals surface area contributed by atoms with Crippen LogP contribution in [-0.4, -0.2) is 44.6 Å². The van der Waals surface area contributed by atoms with Crippen LogP contribution in [0, 0.1) is 0 Å². The minimum atomic E-state index is 0.717. The lowest BCUT2D eigenvalue weighted by Gasteiger charge is -2.31. The van der Waals surface area contributed by atoms with Gasteiger partial charge in [0.1, 0.15) is 5.84 Å². The van der Waals surface area contributed by atoms with E-state index in [-0.39, 0.29) is 0 Å². The van der Waals surface area contributed by atoms with Crippen molar-refractivity contribution in [3.8, 4) is 11.5 Å². The van der Waals surface area contributed by atoms with E-state index >= 15 is 0 Å². The molecule has 0 spiro atoms. The van der Waals surface area contributed by atoms with Gasteiger partial charge in [-0.05, 0) is 67.0 Å². The lowest BCUT2D eigenvalue weighted by Crippen LogP contribution is -2.32. The summed E-state index contributed by atoms with van der Waals surface area (Å²) in [6, 6.07) is 5.93. The van der Waals surface area contributed by atoms with Gasteiger partial charge < -0.3 is 19.7 Å². The number of nitrogens with zero attached hydrogens (tertiary/aromatic N) is 2. The van der Waals surface area contributed by atoms with Crippen LogP contribution in [0.25, 0.3) is 5.70 Å². The van der Waals surface area contributed by atoms with Crippen molar-refractivity contribution in [2.24, 2.45) is 4.99 Å². The molecular weight excluding hydrogens is 338 g/mol. The molecule has 1 aromatic carbocycles. The van der Waals surface area contributed by atoms with E-state index in [2.05, 4.69) is 41.6 Å². The third-order valence-corrected chi connectivity index (χ3v) is 5.11. The van der Waals surface area contributed by atoms with Gasteiger partial charge in [0.2, 0.25) is 0 Å². The Hall–Kier alpha value is -2.79. The highest BCUT2D eigenvalue weighted by molar-refractivity contribution is 6.04. The van der Waals surface area contributed by atoms with Crippen LogP contribution in [-0.2, 0) is 0 Å². The predicted octanol–water partition coefficient (Wildman–Crippen LogP) is 3.52. The van der Waals surface area contributed by atoms with Crippen LogP contribution in [0.3, 0.4) is 0 Å². The molecular formula is C22H25N3O2. The number of allylic oxidation sites excluding steroid dienone is 2. The molecule has 0 aromatic heterocycles. The number of aliphatic imine (C=N–C) groups is 1. The van der Waals surface area contributed by atoms with Crippen molar-refractivity contribution in [2.45, 2.75) is 13.3 Å². The van der Waals surface area contributed by atoms with E-state index in [1.807, 2.05) is 18.2 Å². The summed E-state index contributed by atoms with van der Waals surface area (Å²) in [5, 5.41) is 3.37. The maximum atomic E-state index is 5.43. The number of hydrogen-bond donors (Lipinski definition) is 1. The first-order valence-electron chi connectivity index (χ1n) is 9.28. The number of rotatable bonds is 4. The van der Waals surface area contributed by atoms with Crippen LogP contribution in [0.5, 0.6) is 11.5 Å². The van der Waals surface area contributed by atoms with Crippen LogP contribution in [0.1, 0.15) is 18.9 Å². The Morgan fingerprint density at radius 3 is 2.70 bits per heavy atom. The molecule has 4 rings (SSSR count). The largest absolute Gasteiger partial charge is 0.493 e. The smallest absolute Gasteiger partial charge is 0.161 e. The van der Waals surface area contributed by atoms with E-state index in [4.69, 9.17) is 14.5 Å². The molecule has 0 radical (unpaired) electrons. The third kappa shape index (κ3) is 3.43. The van der Waals surface area contributed by atoms with E-state index < -0.39 is 0 Å². The Bertz CT molecular complexity index is 906. The van der Waals surface area contributed by atoms with Gasteiger partial charge in [-0.1, -0.05) is 6.08 Å². The Balaban J connectivity index is 1.62. The number of methoxy groups -OCH3 is 2. The minimum Gasteiger partial charge on any atom is -0.493 e. The predicted molar refractivity (Wildman–Crippen MR) is 109 cm³/mol. The van der Waals surface area contributed by atoms with E-state index in [1.165, 1.54) is 16.7 Å². The summed E-state index contributed by atoms with van der Waals surface area (Å²) in [5.41, 5.74) is 5.91. The first-order chi connectivity index (χ1) is 13.2. The zero-order valence-electron chi connectivity index (χ0n) is 16.1.